The van der Waals surface area contributed by atoms with Gasteiger partial charge in [-0.2, -0.15) is 0 Å². The van der Waals surface area contributed by atoms with Gasteiger partial charge in [0.1, 0.15) is 18.3 Å². The Bertz CT molecular complexity index is 1750. The molecule has 254 valence electrons. The summed E-state index contributed by atoms with van der Waals surface area (Å²) in [5.74, 6) is -0.123. The molecule has 0 saturated heterocycles. The van der Waals surface area contributed by atoms with Crippen molar-refractivity contribution in [2.45, 2.75) is 49.6 Å². The SMILES string of the molecule is CCOc1ccc(N(CC(=O)N(Cc2cccc(Cl)c2)[C@@H](Cc2ccccc2)C(=O)NCC(C)C)S(=O)(=O)c2ccc(SC)cc2)cc1. The number of benzene rings is 4. The van der Waals surface area contributed by atoms with E-state index in [2.05, 4.69) is 5.32 Å². The number of hydrogen-bond donors (Lipinski definition) is 1. The van der Waals surface area contributed by atoms with Crippen LogP contribution in [0.15, 0.2) is 113 Å². The van der Waals surface area contributed by atoms with Crippen molar-refractivity contribution in [3.63, 3.8) is 0 Å². The van der Waals surface area contributed by atoms with Crippen LogP contribution in [0.3, 0.4) is 0 Å². The highest BCUT2D eigenvalue weighted by atomic mass is 35.5. The van der Waals surface area contributed by atoms with Gasteiger partial charge in [0.25, 0.3) is 10.0 Å². The van der Waals surface area contributed by atoms with Crippen LogP contribution in [0.4, 0.5) is 5.69 Å². The summed E-state index contributed by atoms with van der Waals surface area (Å²) in [5, 5.41) is 3.48. The molecule has 0 unspecified atom stereocenters. The molecular formula is C37H42ClN3O5S2. The van der Waals surface area contributed by atoms with Crippen LogP contribution in [0.5, 0.6) is 5.75 Å². The summed E-state index contributed by atoms with van der Waals surface area (Å²) in [6, 6.07) is 28.7. The lowest BCUT2D eigenvalue weighted by Crippen LogP contribution is -2.53. The number of halogens is 1. The molecule has 0 aliphatic rings. The Hall–Kier alpha value is -3.99. The highest BCUT2D eigenvalue weighted by molar-refractivity contribution is 7.98. The van der Waals surface area contributed by atoms with Crippen molar-refractivity contribution >= 4 is 50.9 Å². The number of hydrogen-bond acceptors (Lipinski definition) is 6. The first-order valence-corrected chi connectivity index (χ1v) is 18.8. The molecule has 0 fully saturated rings. The van der Waals surface area contributed by atoms with Crippen LogP contribution in [0.2, 0.25) is 5.02 Å². The molecule has 4 aromatic carbocycles. The van der Waals surface area contributed by atoms with Crippen molar-refractivity contribution < 1.29 is 22.7 Å². The zero-order chi connectivity index (χ0) is 34.7. The average Bonchev–Trinajstić information content (AvgIpc) is 3.08. The Morgan fingerprint density at radius 3 is 2.17 bits per heavy atom. The molecular weight excluding hydrogens is 666 g/mol. The standard InChI is InChI=1S/C37H42ClN3O5S2/c1-5-46-32-16-14-31(15-17-32)41(48(44,45)34-20-18-33(47-4)19-21-34)26-36(42)40(25-29-12-9-13-30(38)22-29)35(37(43)39-24-27(2)3)23-28-10-7-6-8-11-28/h6-22,27,35H,5,23-26H2,1-4H3,(H,39,43)/t35-/m0/s1. The smallest absolute Gasteiger partial charge is 0.264 e. The maximum Gasteiger partial charge on any atom is 0.264 e. The summed E-state index contributed by atoms with van der Waals surface area (Å²) in [5.41, 5.74) is 1.84. The van der Waals surface area contributed by atoms with E-state index < -0.39 is 28.5 Å². The van der Waals surface area contributed by atoms with Crippen LogP contribution < -0.4 is 14.4 Å². The number of anilines is 1. The Kier molecular flexibility index (Phi) is 13.4. The van der Waals surface area contributed by atoms with Gasteiger partial charge in [0.15, 0.2) is 0 Å². The fourth-order valence-electron chi connectivity index (χ4n) is 5.09. The molecule has 0 bridgehead atoms. The van der Waals surface area contributed by atoms with Crippen molar-refractivity contribution in [2.24, 2.45) is 5.92 Å². The molecule has 0 spiro atoms. The van der Waals surface area contributed by atoms with E-state index in [4.69, 9.17) is 16.3 Å². The van der Waals surface area contributed by atoms with Gasteiger partial charge in [-0.25, -0.2) is 8.42 Å². The molecule has 11 heteroatoms. The van der Waals surface area contributed by atoms with Crippen molar-refractivity contribution in [3.05, 3.63) is 119 Å². The third kappa shape index (κ3) is 10.0. The lowest BCUT2D eigenvalue weighted by molar-refractivity contribution is -0.140. The van der Waals surface area contributed by atoms with Crippen LogP contribution in [0, 0.1) is 5.92 Å². The highest BCUT2D eigenvalue weighted by Gasteiger charge is 2.34. The molecule has 2 amide bonds. The van der Waals surface area contributed by atoms with E-state index in [1.807, 2.05) is 63.4 Å². The number of nitrogens with one attached hydrogen (secondary N) is 1. The summed E-state index contributed by atoms with van der Waals surface area (Å²) in [6.45, 7) is 6.19. The van der Waals surface area contributed by atoms with Gasteiger partial charge in [-0.05, 0) is 90.9 Å². The van der Waals surface area contributed by atoms with Crippen molar-refractivity contribution in [1.82, 2.24) is 10.2 Å². The molecule has 48 heavy (non-hydrogen) atoms. The summed E-state index contributed by atoms with van der Waals surface area (Å²) in [6.07, 6.45) is 2.13. The van der Waals surface area contributed by atoms with Crippen molar-refractivity contribution in [1.29, 1.82) is 0 Å². The Labute approximate surface area is 293 Å². The summed E-state index contributed by atoms with van der Waals surface area (Å²) in [4.78, 5) is 30.9. The minimum absolute atomic E-state index is 0.0333. The van der Waals surface area contributed by atoms with Gasteiger partial charge in [0.05, 0.1) is 17.2 Å². The number of rotatable bonds is 16. The largest absolute Gasteiger partial charge is 0.494 e. The monoisotopic (exact) mass is 707 g/mol. The van der Waals surface area contributed by atoms with Gasteiger partial charge in [-0.15, -0.1) is 11.8 Å². The van der Waals surface area contributed by atoms with Gasteiger partial charge in [0, 0.05) is 29.4 Å². The van der Waals surface area contributed by atoms with E-state index in [9.17, 15) is 18.0 Å². The number of carbonyl (C=O) groups is 2. The molecule has 1 N–H and O–H groups in total. The molecule has 0 aromatic heterocycles. The first kappa shape index (κ1) is 36.8. The molecule has 0 aliphatic carbocycles. The first-order chi connectivity index (χ1) is 23.0. The number of amides is 2. The highest BCUT2D eigenvalue weighted by Crippen LogP contribution is 2.28. The van der Waals surface area contributed by atoms with Crippen LogP contribution >= 0.6 is 23.4 Å². The molecule has 0 aliphatic heterocycles. The normalized spacial score (nSPS) is 12.0. The third-order valence-electron chi connectivity index (χ3n) is 7.56. The van der Waals surface area contributed by atoms with Gasteiger partial charge in [-0.1, -0.05) is 67.9 Å². The lowest BCUT2D eigenvalue weighted by Gasteiger charge is -2.34. The predicted molar refractivity (Wildman–Crippen MR) is 194 cm³/mol. The zero-order valence-electron chi connectivity index (χ0n) is 27.6. The van der Waals surface area contributed by atoms with Crippen molar-refractivity contribution in [2.75, 3.05) is 30.3 Å². The quantitative estimate of drug-likeness (QED) is 0.125. The van der Waals surface area contributed by atoms with E-state index in [1.54, 1.807) is 54.6 Å². The number of nitrogens with zero attached hydrogens (tertiary/aromatic N) is 2. The van der Waals surface area contributed by atoms with Gasteiger partial charge in [-0.3, -0.25) is 13.9 Å². The Morgan fingerprint density at radius 1 is 0.896 bits per heavy atom. The van der Waals surface area contributed by atoms with Crippen LogP contribution in [0.1, 0.15) is 31.9 Å². The molecule has 4 rings (SSSR count). The summed E-state index contributed by atoms with van der Waals surface area (Å²) in [7, 11) is -4.22. The van der Waals surface area contributed by atoms with Crippen LogP contribution in [0.25, 0.3) is 0 Å². The topological polar surface area (TPSA) is 96.0 Å². The fraction of sp³-hybridized carbons (Fsp3) is 0.297. The number of thioether (sulfide) groups is 1. The first-order valence-electron chi connectivity index (χ1n) is 15.8. The van der Waals surface area contributed by atoms with Gasteiger partial charge >= 0.3 is 0 Å². The van der Waals surface area contributed by atoms with E-state index >= 15 is 0 Å². The van der Waals surface area contributed by atoms with E-state index in [1.165, 1.54) is 28.8 Å². The van der Waals surface area contributed by atoms with E-state index in [-0.39, 0.29) is 35.4 Å². The maximum atomic E-state index is 14.6. The Morgan fingerprint density at radius 2 is 1.56 bits per heavy atom. The van der Waals surface area contributed by atoms with Crippen molar-refractivity contribution in [3.8, 4) is 5.75 Å². The number of carbonyl (C=O) groups excluding carboxylic acids is 2. The predicted octanol–water partition coefficient (Wildman–Crippen LogP) is 7.07. The average molecular weight is 708 g/mol. The van der Waals surface area contributed by atoms with E-state index in [0.29, 0.717) is 29.5 Å². The molecule has 1 atom stereocenters. The summed E-state index contributed by atoms with van der Waals surface area (Å²) < 4.78 is 35.3. The second-order valence-electron chi connectivity index (χ2n) is 11.6. The maximum absolute atomic E-state index is 14.6. The molecule has 0 saturated carbocycles. The second kappa shape index (κ2) is 17.4. The third-order valence-corrected chi connectivity index (χ3v) is 10.3. The molecule has 0 heterocycles. The minimum Gasteiger partial charge on any atom is -0.494 e. The second-order valence-corrected chi connectivity index (χ2v) is 14.8. The Balaban J connectivity index is 1.80. The molecule has 0 radical (unpaired) electrons. The molecule has 4 aromatic rings. The van der Waals surface area contributed by atoms with Crippen LogP contribution in [-0.2, 0) is 32.6 Å². The molecule has 8 nitrogen and oxygen atoms in total. The number of sulfonamides is 1. The van der Waals surface area contributed by atoms with Gasteiger partial charge in [0.2, 0.25) is 11.8 Å². The van der Waals surface area contributed by atoms with Gasteiger partial charge < -0.3 is 15.0 Å². The summed E-state index contributed by atoms with van der Waals surface area (Å²) >= 11 is 7.83. The van der Waals surface area contributed by atoms with Crippen LogP contribution in [-0.4, -0.2) is 57.1 Å². The lowest BCUT2D eigenvalue weighted by atomic mass is 10.0. The van der Waals surface area contributed by atoms with E-state index in [0.717, 1.165) is 14.8 Å². The minimum atomic E-state index is -4.22. The number of ether oxygens (including phenoxy) is 1. The fourth-order valence-corrected chi connectivity index (χ4v) is 7.12. The zero-order valence-corrected chi connectivity index (χ0v) is 30.0.